The van der Waals surface area contributed by atoms with Crippen LogP contribution >= 0.6 is 0 Å². The van der Waals surface area contributed by atoms with E-state index in [0.29, 0.717) is 23.0 Å². The van der Waals surface area contributed by atoms with Gasteiger partial charge in [-0.2, -0.15) is 0 Å². The Bertz CT molecular complexity index is 1100. The normalized spacial score (nSPS) is 13.5. The predicted molar refractivity (Wildman–Crippen MR) is 177 cm³/mol. The monoisotopic (exact) mass is 566 g/mol. The lowest BCUT2D eigenvalue weighted by Gasteiger charge is -2.21. The molecular formula is C37H58O4. The Labute approximate surface area is 252 Å². The Morgan fingerprint density at radius 3 is 1.20 bits per heavy atom. The Hall–Kier alpha value is -2.88. The van der Waals surface area contributed by atoms with E-state index in [-0.39, 0.29) is 0 Å². The number of hydrogen-bond acceptors (Lipinski definition) is 4. The molecule has 0 saturated heterocycles. The van der Waals surface area contributed by atoms with Gasteiger partial charge in [0, 0.05) is 11.1 Å². The zero-order chi connectivity index (χ0) is 30.8. The summed E-state index contributed by atoms with van der Waals surface area (Å²) in [5, 5.41) is 0. The average Bonchev–Trinajstić information content (AvgIpc) is 2.95. The summed E-state index contributed by atoms with van der Waals surface area (Å²) in [5.74, 6) is 2.52. The van der Waals surface area contributed by atoms with Gasteiger partial charge < -0.3 is 18.9 Å². The van der Waals surface area contributed by atoms with Crippen LogP contribution < -0.4 is 18.9 Å². The number of methoxy groups -OCH3 is 4. The third-order valence-corrected chi connectivity index (χ3v) is 7.84. The maximum Gasteiger partial charge on any atom is 0.207 e. The van der Waals surface area contributed by atoms with Crippen molar-refractivity contribution in [1.29, 1.82) is 0 Å². The van der Waals surface area contributed by atoms with Gasteiger partial charge in [0.25, 0.3) is 0 Å². The Morgan fingerprint density at radius 1 is 0.488 bits per heavy atom. The summed E-state index contributed by atoms with van der Waals surface area (Å²) in [4.78, 5) is 0. The molecule has 230 valence electrons. The van der Waals surface area contributed by atoms with Gasteiger partial charge in [-0.3, -0.25) is 0 Å². The van der Waals surface area contributed by atoms with Gasteiger partial charge in [-0.1, -0.05) is 65.2 Å². The highest BCUT2D eigenvalue weighted by Gasteiger charge is 2.24. The Balaban J connectivity index is 2.60. The van der Waals surface area contributed by atoms with Crippen LogP contribution in [0.5, 0.6) is 23.0 Å². The fourth-order valence-electron chi connectivity index (χ4n) is 4.91. The molecule has 4 nitrogen and oxygen atoms in total. The second-order valence-electron chi connectivity index (χ2n) is 11.2. The van der Waals surface area contributed by atoms with Crippen LogP contribution in [0.3, 0.4) is 0 Å². The van der Waals surface area contributed by atoms with E-state index in [0.717, 1.165) is 62.5 Å². The van der Waals surface area contributed by atoms with Crippen molar-refractivity contribution in [3.8, 4) is 23.0 Å². The maximum absolute atomic E-state index is 5.74. The summed E-state index contributed by atoms with van der Waals surface area (Å²) in [6.45, 7) is 15.5. The van der Waals surface area contributed by atoms with E-state index in [1.807, 2.05) is 6.92 Å². The summed E-state index contributed by atoms with van der Waals surface area (Å²) < 4.78 is 22.6. The summed E-state index contributed by atoms with van der Waals surface area (Å²) in [5.41, 5.74) is 9.40. The number of ether oxygens (including phenoxy) is 4. The third kappa shape index (κ3) is 12.7. The number of rotatable bonds is 19. The van der Waals surface area contributed by atoms with Gasteiger partial charge in [0.2, 0.25) is 11.5 Å². The van der Waals surface area contributed by atoms with Crippen LogP contribution in [0, 0.1) is 6.92 Å². The first-order valence-electron chi connectivity index (χ1n) is 15.3. The molecule has 0 aromatic heterocycles. The smallest absolute Gasteiger partial charge is 0.207 e. The molecule has 1 aromatic rings. The molecule has 0 fully saturated rings. The zero-order valence-corrected chi connectivity index (χ0v) is 28.1. The minimum absolute atomic E-state index is 0.562. The molecule has 1 rings (SSSR count). The molecule has 0 aliphatic carbocycles. The largest absolute Gasteiger partial charge is 0.492 e. The first-order valence-corrected chi connectivity index (χ1v) is 15.3. The van der Waals surface area contributed by atoms with Gasteiger partial charge >= 0.3 is 0 Å². The minimum Gasteiger partial charge on any atom is -0.492 e. The first kappa shape index (κ1) is 36.1. The van der Waals surface area contributed by atoms with E-state index >= 15 is 0 Å². The fourth-order valence-corrected chi connectivity index (χ4v) is 4.91. The van der Waals surface area contributed by atoms with Crippen LogP contribution in [-0.2, 0) is 6.42 Å². The second-order valence-corrected chi connectivity index (χ2v) is 11.2. The molecule has 41 heavy (non-hydrogen) atoms. The standard InChI is InChI=1S/C37H58O4/c1-12-27(2)17-13-18-28(3)19-14-20-29(4)21-15-22-30(5)23-16-24-31(6)25-26-33-32(7)34(38-8)36(40-10)37(41-11)35(33)39-9/h17,19,21,23,25H,12-16,18,20,22,24,26H2,1-11H3. The van der Waals surface area contributed by atoms with Gasteiger partial charge in [0.1, 0.15) is 0 Å². The minimum atomic E-state index is 0.562. The Kier molecular flexibility index (Phi) is 17.7. The quantitative estimate of drug-likeness (QED) is 0.156. The van der Waals surface area contributed by atoms with Crippen LogP contribution in [-0.4, -0.2) is 28.4 Å². The molecular weight excluding hydrogens is 508 g/mol. The van der Waals surface area contributed by atoms with Gasteiger partial charge in [-0.15, -0.1) is 0 Å². The molecule has 1 aromatic carbocycles. The first-order chi connectivity index (χ1) is 19.6. The lowest BCUT2D eigenvalue weighted by Crippen LogP contribution is -2.04. The van der Waals surface area contributed by atoms with Crippen LogP contribution in [0.25, 0.3) is 0 Å². The molecule has 0 unspecified atom stereocenters. The maximum atomic E-state index is 5.74. The van der Waals surface area contributed by atoms with Gasteiger partial charge in [0.15, 0.2) is 11.5 Å². The van der Waals surface area contributed by atoms with Crippen molar-refractivity contribution in [2.75, 3.05) is 28.4 Å². The van der Waals surface area contributed by atoms with Crippen LogP contribution in [0.1, 0.15) is 110 Å². The molecule has 0 bridgehead atoms. The molecule has 0 saturated carbocycles. The third-order valence-electron chi connectivity index (χ3n) is 7.84. The van der Waals surface area contributed by atoms with Crippen LogP contribution in [0.4, 0.5) is 0 Å². The van der Waals surface area contributed by atoms with E-state index in [9.17, 15) is 0 Å². The average molecular weight is 567 g/mol. The van der Waals surface area contributed by atoms with Crippen LogP contribution in [0.2, 0.25) is 0 Å². The van der Waals surface area contributed by atoms with Crippen LogP contribution in [0.15, 0.2) is 58.2 Å². The summed E-state index contributed by atoms with van der Waals surface area (Å²) in [6.07, 6.45) is 22.8. The van der Waals surface area contributed by atoms with Crippen molar-refractivity contribution in [3.63, 3.8) is 0 Å². The highest BCUT2D eigenvalue weighted by atomic mass is 16.5. The van der Waals surface area contributed by atoms with E-state index < -0.39 is 0 Å². The highest BCUT2D eigenvalue weighted by Crippen LogP contribution is 2.49. The van der Waals surface area contributed by atoms with Gasteiger partial charge in [-0.05, 0) is 106 Å². The molecule has 0 aliphatic heterocycles. The molecule has 4 heteroatoms. The van der Waals surface area contributed by atoms with E-state index in [4.69, 9.17) is 18.9 Å². The van der Waals surface area contributed by atoms with Gasteiger partial charge in [0.05, 0.1) is 28.4 Å². The molecule has 0 spiro atoms. The summed E-state index contributed by atoms with van der Waals surface area (Å²) in [6, 6.07) is 0. The molecule has 0 atom stereocenters. The van der Waals surface area contributed by atoms with Crippen molar-refractivity contribution >= 4 is 0 Å². The Morgan fingerprint density at radius 2 is 0.829 bits per heavy atom. The van der Waals surface area contributed by atoms with Gasteiger partial charge in [-0.25, -0.2) is 0 Å². The van der Waals surface area contributed by atoms with E-state index in [1.54, 1.807) is 28.4 Å². The van der Waals surface area contributed by atoms with Crippen molar-refractivity contribution < 1.29 is 18.9 Å². The molecule has 0 amide bonds. The van der Waals surface area contributed by atoms with E-state index in [1.165, 1.54) is 40.7 Å². The number of benzene rings is 1. The van der Waals surface area contributed by atoms with Crippen molar-refractivity contribution in [2.45, 2.75) is 113 Å². The lowest BCUT2D eigenvalue weighted by atomic mass is 9.99. The summed E-state index contributed by atoms with van der Waals surface area (Å²) in [7, 11) is 6.56. The van der Waals surface area contributed by atoms with Crippen molar-refractivity contribution in [2.24, 2.45) is 0 Å². The topological polar surface area (TPSA) is 36.9 Å². The van der Waals surface area contributed by atoms with E-state index in [2.05, 4.69) is 71.9 Å². The van der Waals surface area contributed by atoms with Crippen molar-refractivity contribution in [3.05, 3.63) is 69.4 Å². The number of allylic oxidation sites excluding steroid dienone is 10. The summed E-state index contributed by atoms with van der Waals surface area (Å²) >= 11 is 0. The number of hydrogen-bond donors (Lipinski definition) is 0. The predicted octanol–water partition coefficient (Wildman–Crippen LogP) is 10.8. The SMILES string of the molecule is CCC(C)=CCCC(C)=CCCC(C)=CCCC(C)=CCCC(C)=CCc1c(C)c(OC)c(OC)c(OC)c1OC. The second kappa shape index (κ2) is 20.1. The zero-order valence-electron chi connectivity index (χ0n) is 28.1. The molecule has 0 N–H and O–H groups in total. The molecule has 0 radical (unpaired) electrons. The fraction of sp³-hybridized carbons (Fsp3) is 0.568. The lowest BCUT2D eigenvalue weighted by molar-refractivity contribution is 0.302. The molecule has 0 heterocycles. The highest BCUT2D eigenvalue weighted by molar-refractivity contribution is 5.67. The van der Waals surface area contributed by atoms with Crippen molar-refractivity contribution in [1.82, 2.24) is 0 Å². The molecule has 0 aliphatic rings.